The van der Waals surface area contributed by atoms with Gasteiger partial charge in [0, 0.05) is 44.4 Å². The summed E-state index contributed by atoms with van der Waals surface area (Å²) >= 11 is 0. The van der Waals surface area contributed by atoms with Gasteiger partial charge in [-0.3, -0.25) is 4.90 Å². The topological polar surface area (TPSA) is 59.0 Å². The van der Waals surface area contributed by atoms with Crippen LogP contribution in [0, 0.1) is 5.82 Å². The Morgan fingerprint density at radius 2 is 2.16 bits per heavy atom. The molecule has 3 heterocycles. The van der Waals surface area contributed by atoms with Gasteiger partial charge in [0.25, 0.3) is 0 Å². The van der Waals surface area contributed by atoms with Gasteiger partial charge >= 0.3 is 0 Å². The van der Waals surface area contributed by atoms with Gasteiger partial charge in [0.2, 0.25) is 0 Å². The Kier molecular flexibility index (Phi) is 4.33. The second-order valence-electron chi connectivity index (χ2n) is 6.28. The average Bonchev–Trinajstić information content (AvgIpc) is 3.36. The molecule has 0 bridgehead atoms. The molecule has 0 saturated carbocycles. The summed E-state index contributed by atoms with van der Waals surface area (Å²) in [5, 5.41) is 4.40. The lowest BCUT2D eigenvalue weighted by molar-refractivity contribution is 0.107. The van der Waals surface area contributed by atoms with Crippen molar-refractivity contribution in [3.8, 4) is 5.69 Å². The van der Waals surface area contributed by atoms with Crippen molar-refractivity contribution in [1.29, 1.82) is 0 Å². The van der Waals surface area contributed by atoms with Crippen molar-refractivity contribution in [3.05, 3.63) is 66.3 Å². The van der Waals surface area contributed by atoms with E-state index in [1.807, 2.05) is 18.6 Å². The number of benzene rings is 1. The Morgan fingerprint density at radius 3 is 2.88 bits per heavy atom. The van der Waals surface area contributed by atoms with Crippen LogP contribution in [0.3, 0.4) is 0 Å². The molecular formula is C18H20FN5O. The molecule has 130 valence electrons. The van der Waals surface area contributed by atoms with Gasteiger partial charge in [-0.25, -0.2) is 14.1 Å². The Labute approximate surface area is 145 Å². The molecule has 7 heteroatoms. The molecular weight excluding hydrogens is 321 g/mol. The van der Waals surface area contributed by atoms with E-state index in [9.17, 15) is 4.39 Å². The molecule has 0 amide bonds. The molecule has 6 nitrogen and oxygen atoms in total. The van der Waals surface area contributed by atoms with E-state index in [0.29, 0.717) is 0 Å². The van der Waals surface area contributed by atoms with E-state index < -0.39 is 0 Å². The predicted molar refractivity (Wildman–Crippen MR) is 90.7 cm³/mol. The van der Waals surface area contributed by atoms with Gasteiger partial charge in [-0.15, -0.1) is 0 Å². The van der Waals surface area contributed by atoms with Gasteiger partial charge in [-0.05, 0) is 30.7 Å². The van der Waals surface area contributed by atoms with Gasteiger partial charge in [-0.1, -0.05) is 0 Å². The first-order valence-corrected chi connectivity index (χ1v) is 8.28. The predicted octanol–water partition coefficient (Wildman–Crippen LogP) is 2.70. The Hall–Kier alpha value is -2.51. The highest BCUT2D eigenvalue weighted by Crippen LogP contribution is 2.32. The van der Waals surface area contributed by atoms with Gasteiger partial charge in [-0.2, -0.15) is 5.10 Å². The van der Waals surface area contributed by atoms with Crippen molar-refractivity contribution < 1.29 is 9.13 Å². The lowest BCUT2D eigenvalue weighted by Crippen LogP contribution is -2.25. The lowest BCUT2D eigenvalue weighted by atomic mass is 10.2. The summed E-state index contributed by atoms with van der Waals surface area (Å²) in [7, 11) is 1.75. The van der Waals surface area contributed by atoms with E-state index in [2.05, 4.69) is 20.0 Å². The first-order chi connectivity index (χ1) is 12.2. The van der Waals surface area contributed by atoms with Crippen LogP contribution in [-0.2, 0) is 11.3 Å². The van der Waals surface area contributed by atoms with Gasteiger partial charge < -0.3 is 9.72 Å². The number of hydrogen-bond acceptors (Lipinski definition) is 4. The monoisotopic (exact) mass is 341 g/mol. The number of hydrogen-bond donors (Lipinski definition) is 1. The minimum Gasteiger partial charge on any atom is -0.380 e. The van der Waals surface area contributed by atoms with Gasteiger partial charge in [0.1, 0.15) is 11.6 Å². The number of rotatable bonds is 5. The number of aromatic amines is 1. The van der Waals surface area contributed by atoms with Crippen molar-refractivity contribution in [2.45, 2.75) is 25.1 Å². The molecule has 1 N–H and O–H groups in total. The number of ether oxygens (including phenoxy) is 1. The van der Waals surface area contributed by atoms with Crippen molar-refractivity contribution in [1.82, 2.24) is 24.6 Å². The molecule has 4 rings (SSSR count). The van der Waals surface area contributed by atoms with E-state index >= 15 is 0 Å². The molecule has 0 spiro atoms. The number of nitrogens with zero attached hydrogens (tertiary/aromatic N) is 4. The smallest absolute Gasteiger partial charge is 0.123 e. The molecule has 1 aromatic carbocycles. The SMILES string of the molecule is CO[C@@H]1CC(c2ncc[nH]2)N(Cc2cnn(-c3ccc(F)cc3)c2)C1. The second kappa shape index (κ2) is 6.78. The molecule has 1 fully saturated rings. The summed E-state index contributed by atoms with van der Waals surface area (Å²) in [6.07, 6.45) is 8.56. The van der Waals surface area contributed by atoms with Crippen molar-refractivity contribution in [2.24, 2.45) is 0 Å². The number of nitrogens with one attached hydrogen (secondary N) is 1. The second-order valence-corrected chi connectivity index (χ2v) is 6.28. The van der Waals surface area contributed by atoms with Crippen molar-refractivity contribution in [2.75, 3.05) is 13.7 Å². The maximum atomic E-state index is 13.1. The molecule has 1 aliphatic heterocycles. The molecule has 1 unspecified atom stereocenters. The molecule has 25 heavy (non-hydrogen) atoms. The van der Waals surface area contributed by atoms with Crippen LogP contribution in [0.2, 0.25) is 0 Å². The number of halogens is 1. The van der Waals surface area contributed by atoms with Crippen LogP contribution in [0.25, 0.3) is 5.69 Å². The van der Waals surface area contributed by atoms with Crippen LogP contribution >= 0.6 is 0 Å². The van der Waals surface area contributed by atoms with Crippen LogP contribution in [0.5, 0.6) is 0 Å². The molecule has 0 aliphatic carbocycles. The summed E-state index contributed by atoms with van der Waals surface area (Å²) in [6, 6.07) is 6.51. The quantitative estimate of drug-likeness (QED) is 0.775. The fraction of sp³-hybridized carbons (Fsp3) is 0.333. The third-order valence-electron chi connectivity index (χ3n) is 4.65. The number of methoxy groups -OCH3 is 1. The number of aromatic nitrogens is 4. The molecule has 2 aromatic heterocycles. The van der Waals surface area contributed by atoms with E-state index in [0.717, 1.165) is 36.6 Å². The Bertz CT molecular complexity index is 814. The normalized spacial score (nSPS) is 21.0. The summed E-state index contributed by atoms with van der Waals surface area (Å²) in [5.41, 5.74) is 1.93. The minimum atomic E-state index is -0.250. The van der Waals surface area contributed by atoms with Crippen LogP contribution in [0.1, 0.15) is 23.9 Å². The number of likely N-dealkylation sites (tertiary alicyclic amines) is 1. The van der Waals surface area contributed by atoms with Gasteiger partial charge in [0.05, 0.1) is 24.0 Å². The fourth-order valence-corrected chi connectivity index (χ4v) is 3.36. The Balaban J connectivity index is 1.52. The van der Waals surface area contributed by atoms with Crippen LogP contribution < -0.4 is 0 Å². The molecule has 3 aromatic rings. The number of imidazole rings is 1. The lowest BCUT2D eigenvalue weighted by Gasteiger charge is -2.21. The highest BCUT2D eigenvalue weighted by atomic mass is 19.1. The van der Waals surface area contributed by atoms with Crippen LogP contribution in [0.15, 0.2) is 49.1 Å². The highest BCUT2D eigenvalue weighted by molar-refractivity contribution is 5.31. The fourth-order valence-electron chi connectivity index (χ4n) is 3.36. The van der Waals surface area contributed by atoms with Crippen LogP contribution in [0.4, 0.5) is 4.39 Å². The maximum Gasteiger partial charge on any atom is 0.123 e. The maximum absolute atomic E-state index is 13.1. The average molecular weight is 341 g/mol. The third kappa shape index (κ3) is 3.33. The van der Waals surface area contributed by atoms with Gasteiger partial charge in [0.15, 0.2) is 0 Å². The summed E-state index contributed by atoms with van der Waals surface area (Å²) in [6.45, 7) is 1.61. The van der Waals surface area contributed by atoms with E-state index in [-0.39, 0.29) is 18.0 Å². The minimum absolute atomic E-state index is 0.197. The molecule has 1 saturated heterocycles. The summed E-state index contributed by atoms with van der Waals surface area (Å²) in [4.78, 5) is 9.97. The van der Waals surface area contributed by atoms with Crippen LogP contribution in [-0.4, -0.2) is 44.4 Å². The third-order valence-corrected chi connectivity index (χ3v) is 4.65. The summed E-state index contributed by atoms with van der Waals surface area (Å²) in [5.74, 6) is 0.713. The molecule has 1 aliphatic rings. The molecule has 2 atom stereocenters. The zero-order valence-electron chi connectivity index (χ0n) is 14.0. The largest absolute Gasteiger partial charge is 0.380 e. The highest BCUT2D eigenvalue weighted by Gasteiger charge is 2.34. The first-order valence-electron chi connectivity index (χ1n) is 8.28. The van der Waals surface area contributed by atoms with E-state index in [1.54, 1.807) is 30.1 Å². The summed E-state index contributed by atoms with van der Waals surface area (Å²) < 4.78 is 20.4. The van der Waals surface area contributed by atoms with Crippen molar-refractivity contribution in [3.63, 3.8) is 0 Å². The first kappa shape index (κ1) is 16.0. The standard InChI is InChI=1S/C18H20FN5O/c1-25-16-8-17(18-20-6-7-21-18)23(12-16)10-13-9-22-24(11-13)15-4-2-14(19)3-5-15/h2-7,9,11,16-17H,8,10,12H2,1H3,(H,20,21)/t16-,17?/m1/s1. The molecule has 0 radical (unpaired) electrons. The zero-order valence-corrected chi connectivity index (χ0v) is 14.0. The number of H-pyrrole nitrogens is 1. The van der Waals surface area contributed by atoms with Crippen molar-refractivity contribution >= 4 is 0 Å². The zero-order chi connectivity index (χ0) is 17.2. The van der Waals surface area contributed by atoms with E-state index in [4.69, 9.17) is 4.74 Å². The van der Waals surface area contributed by atoms with E-state index in [1.165, 1.54) is 12.1 Å². The Morgan fingerprint density at radius 1 is 1.32 bits per heavy atom.